The summed E-state index contributed by atoms with van der Waals surface area (Å²) in [7, 11) is 0. The minimum absolute atomic E-state index is 0.860. The van der Waals surface area contributed by atoms with E-state index in [1.807, 2.05) is 18.2 Å². The van der Waals surface area contributed by atoms with Crippen LogP contribution >= 0.6 is 23.5 Å². The molecule has 0 saturated heterocycles. The van der Waals surface area contributed by atoms with Crippen LogP contribution in [0.15, 0.2) is 21.2 Å². The third-order valence-electron chi connectivity index (χ3n) is 1.58. The van der Waals surface area contributed by atoms with Gasteiger partial charge < -0.3 is 0 Å². The summed E-state index contributed by atoms with van der Waals surface area (Å²) < 4.78 is 0. The van der Waals surface area contributed by atoms with Crippen LogP contribution in [0.1, 0.15) is 6.92 Å². The zero-order valence-electron chi connectivity index (χ0n) is 6.94. The molecule has 0 radical (unpaired) electrons. The van der Waals surface area contributed by atoms with Crippen molar-refractivity contribution in [1.82, 2.24) is 5.01 Å². The van der Waals surface area contributed by atoms with Crippen LogP contribution in [-0.4, -0.2) is 28.0 Å². The molecule has 2 rings (SSSR count). The van der Waals surface area contributed by atoms with E-state index in [-0.39, 0.29) is 0 Å². The van der Waals surface area contributed by atoms with Crippen molar-refractivity contribution in [1.29, 1.82) is 0 Å². The molecule has 0 amide bonds. The molecule has 0 unspecified atom stereocenters. The Morgan fingerprint density at radius 3 is 3.25 bits per heavy atom. The number of thioether (sulfide) groups is 2. The predicted molar refractivity (Wildman–Crippen MR) is 56.4 cm³/mol. The number of hydrazone groups is 1. The van der Waals surface area contributed by atoms with Gasteiger partial charge in [-0.25, -0.2) is 10.0 Å². The molecule has 0 aromatic carbocycles. The highest BCUT2D eigenvalue weighted by Gasteiger charge is 2.22. The Morgan fingerprint density at radius 1 is 1.67 bits per heavy atom. The molecule has 0 aromatic heterocycles. The maximum absolute atomic E-state index is 4.43. The number of fused-ring (bicyclic) bond motifs is 1. The van der Waals surface area contributed by atoms with Gasteiger partial charge in [0.05, 0.1) is 16.6 Å². The van der Waals surface area contributed by atoms with Gasteiger partial charge in [-0.15, -0.1) is 11.8 Å². The van der Waals surface area contributed by atoms with Crippen molar-refractivity contribution < 1.29 is 0 Å². The van der Waals surface area contributed by atoms with E-state index >= 15 is 0 Å². The highest BCUT2D eigenvalue weighted by Crippen LogP contribution is 2.27. The lowest BCUT2D eigenvalue weighted by Gasteiger charge is -2.16. The van der Waals surface area contributed by atoms with Crippen LogP contribution in [-0.2, 0) is 0 Å². The van der Waals surface area contributed by atoms with Gasteiger partial charge in [0.15, 0.2) is 5.17 Å². The molecule has 0 saturated carbocycles. The van der Waals surface area contributed by atoms with Gasteiger partial charge >= 0.3 is 0 Å². The zero-order chi connectivity index (χ0) is 8.55. The molecule has 0 bridgehead atoms. The topological polar surface area (TPSA) is 28.0 Å². The highest BCUT2D eigenvalue weighted by atomic mass is 32.2. The molecule has 64 valence electrons. The summed E-state index contributed by atoms with van der Waals surface area (Å²) in [4.78, 5) is 4.43. The molecule has 2 aliphatic heterocycles. The van der Waals surface area contributed by atoms with E-state index < -0.39 is 0 Å². The maximum atomic E-state index is 4.43. The second-order valence-corrected chi connectivity index (χ2v) is 4.43. The fraction of sp³-hybridized carbons (Fsp3) is 0.429. The van der Waals surface area contributed by atoms with Crippen LogP contribution < -0.4 is 0 Å². The molecule has 0 fully saturated rings. The van der Waals surface area contributed by atoms with E-state index in [1.54, 1.807) is 23.5 Å². The van der Waals surface area contributed by atoms with Crippen molar-refractivity contribution in [2.24, 2.45) is 10.1 Å². The summed E-state index contributed by atoms with van der Waals surface area (Å²) >= 11 is 3.32. The zero-order valence-corrected chi connectivity index (χ0v) is 8.58. The lowest BCUT2D eigenvalue weighted by molar-refractivity contribution is 0.504. The number of rotatable bonds is 1. The van der Waals surface area contributed by atoms with Gasteiger partial charge in [-0.05, 0) is 31.0 Å². The SMILES string of the molecule is CSC1=CCN2N=C(C)SC2=N1. The normalized spacial score (nSPS) is 21.5. The van der Waals surface area contributed by atoms with Crippen molar-refractivity contribution in [3.8, 4) is 0 Å². The molecular formula is C7H9N3S2. The van der Waals surface area contributed by atoms with Gasteiger partial charge in [-0.1, -0.05) is 0 Å². The number of nitrogens with zero attached hydrogens (tertiary/aromatic N) is 3. The smallest absolute Gasteiger partial charge is 0.191 e. The van der Waals surface area contributed by atoms with Gasteiger partial charge in [0, 0.05) is 0 Å². The van der Waals surface area contributed by atoms with Crippen molar-refractivity contribution in [3.05, 3.63) is 11.1 Å². The number of amidine groups is 1. The Kier molecular flexibility index (Phi) is 2.14. The quantitative estimate of drug-likeness (QED) is 0.646. The summed E-state index contributed by atoms with van der Waals surface area (Å²) in [6, 6.07) is 0. The molecule has 5 heteroatoms. The first-order valence-corrected chi connectivity index (χ1v) is 5.67. The van der Waals surface area contributed by atoms with E-state index in [4.69, 9.17) is 0 Å². The van der Waals surface area contributed by atoms with Crippen LogP contribution in [0, 0.1) is 0 Å². The average molecular weight is 199 g/mol. The predicted octanol–water partition coefficient (Wildman–Crippen LogP) is 1.94. The van der Waals surface area contributed by atoms with Gasteiger partial charge in [-0.2, -0.15) is 5.10 Å². The van der Waals surface area contributed by atoms with Gasteiger partial charge in [0.1, 0.15) is 0 Å². The summed E-state index contributed by atoms with van der Waals surface area (Å²) in [6.45, 7) is 2.86. The Bertz CT molecular complexity index is 293. The van der Waals surface area contributed by atoms with Crippen LogP contribution in [0.3, 0.4) is 0 Å². The highest BCUT2D eigenvalue weighted by molar-refractivity contribution is 8.26. The van der Waals surface area contributed by atoms with Crippen molar-refractivity contribution in [3.63, 3.8) is 0 Å². The Morgan fingerprint density at radius 2 is 2.50 bits per heavy atom. The lowest BCUT2D eigenvalue weighted by atomic mass is 10.5. The molecule has 2 aliphatic rings. The second kappa shape index (κ2) is 3.14. The summed E-state index contributed by atoms with van der Waals surface area (Å²) in [5.74, 6) is 0. The molecule has 3 nitrogen and oxygen atoms in total. The van der Waals surface area contributed by atoms with Gasteiger partial charge in [-0.3, -0.25) is 0 Å². The summed E-state index contributed by atoms with van der Waals surface area (Å²) in [6.07, 6.45) is 4.13. The molecule has 0 spiro atoms. The third-order valence-corrected chi connectivity index (χ3v) is 3.11. The Labute approximate surface area is 80.0 Å². The number of hydrogen-bond acceptors (Lipinski definition) is 5. The maximum Gasteiger partial charge on any atom is 0.191 e. The largest absolute Gasteiger partial charge is 0.237 e. The molecule has 12 heavy (non-hydrogen) atoms. The van der Waals surface area contributed by atoms with Crippen molar-refractivity contribution in [2.45, 2.75) is 6.92 Å². The van der Waals surface area contributed by atoms with E-state index in [9.17, 15) is 0 Å². The summed E-state index contributed by atoms with van der Waals surface area (Å²) in [5, 5.41) is 9.42. The average Bonchev–Trinajstić information content (AvgIpc) is 2.43. The van der Waals surface area contributed by atoms with Crippen LogP contribution in [0.25, 0.3) is 0 Å². The van der Waals surface area contributed by atoms with E-state index in [2.05, 4.69) is 16.2 Å². The Hall–Kier alpha value is -0.420. The van der Waals surface area contributed by atoms with Gasteiger partial charge in [0.25, 0.3) is 0 Å². The molecule has 0 atom stereocenters. The lowest BCUT2D eigenvalue weighted by Crippen LogP contribution is -2.22. The van der Waals surface area contributed by atoms with E-state index in [1.165, 1.54) is 0 Å². The molecule has 0 aromatic rings. The first-order chi connectivity index (χ1) is 5.79. The first-order valence-electron chi connectivity index (χ1n) is 3.63. The van der Waals surface area contributed by atoms with E-state index in [0.29, 0.717) is 0 Å². The van der Waals surface area contributed by atoms with Crippen molar-refractivity contribution >= 4 is 33.7 Å². The molecule has 2 heterocycles. The Balaban J connectivity index is 2.20. The van der Waals surface area contributed by atoms with Crippen molar-refractivity contribution in [2.75, 3.05) is 12.8 Å². The van der Waals surface area contributed by atoms with Crippen LogP contribution in [0.5, 0.6) is 0 Å². The minimum Gasteiger partial charge on any atom is -0.237 e. The first kappa shape index (κ1) is 8.19. The second-order valence-electron chi connectivity index (χ2n) is 2.44. The minimum atomic E-state index is 0.860. The summed E-state index contributed by atoms with van der Waals surface area (Å²) in [5.41, 5.74) is 0. The fourth-order valence-electron chi connectivity index (χ4n) is 1.05. The molecule has 0 N–H and O–H groups in total. The molecule has 0 aliphatic carbocycles. The van der Waals surface area contributed by atoms with Crippen LogP contribution in [0.2, 0.25) is 0 Å². The van der Waals surface area contributed by atoms with E-state index in [0.717, 1.165) is 21.8 Å². The number of hydrogen-bond donors (Lipinski definition) is 0. The number of aliphatic imine (C=N–C) groups is 1. The fourth-order valence-corrected chi connectivity index (χ4v) is 2.30. The third kappa shape index (κ3) is 1.38. The monoisotopic (exact) mass is 199 g/mol. The standard InChI is InChI=1S/C7H9N3S2/c1-5-9-10-4-3-6(11-2)8-7(10)12-5/h3H,4H2,1-2H3. The van der Waals surface area contributed by atoms with Crippen LogP contribution in [0.4, 0.5) is 0 Å². The van der Waals surface area contributed by atoms with Gasteiger partial charge in [0.2, 0.25) is 0 Å². The molecular weight excluding hydrogens is 190 g/mol.